The van der Waals surface area contributed by atoms with Crippen LogP contribution in [-0.2, 0) is 6.54 Å². The van der Waals surface area contributed by atoms with Gasteiger partial charge in [0.05, 0.1) is 0 Å². The van der Waals surface area contributed by atoms with Gasteiger partial charge in [0.1, 0.15) is 0 Å². The maximum Gasteiger partial charge on any atom is 0.0345 e. The predicted octanol–water partition coefficient (Wildman–Crippen LogP) is 5.56. The summed E-state index contributed by atoms with van der Waals surface area (Å²) in [5.74, 6) is 0.197. The van der Waals surface area contributed by atoms with Gasteiger partial charge in [-0.1, -0.05) is 60.2 Å². The zero-order valence-corrected chi connectivity index (χ0v) is 17.6. The van der Waals surface area contributed by atoms with Crippen LogP contribution in [0.25, 0.3) is 0 Å². The second-order valence-electron chi connectivity index (χ2n) is 7.57. The minimum Gasteiger partial charge on any atom is -0.316 e. The van der Waals surface area contributed by atoms with Crippen molar-refractivity contribution in [3.05, 3.63) is 105 Å². The monoisotopic (exact) mass is 370 g/mol. The maximum atomic E-state index is 4.22. The van der Waals surface area contributed by atoms with Crippen molar-refractivity contribution < 1.29 is 0 Å². The minimum absolute atomic E-state index is 0.197. The number of hydrogen-bond acceptors (Lipinski definition) is 2. The van der Waals surface area contributed by atoms with Crippen LogP contribution in [0.4, 0.5) is 0 Å². The fraction of sp³-hybridized carbons (Fsp3) is 0.269. The average molecular weight is 371 g/mol. The Morgan fingerprint density at radius 1 is 0.857 bits per heavy atom. The van der Waals surface area contributed by atoms with E-state index in [1.54, 1.807) is 0 Å². The van der Waals surface area contributed by atoms with E-state index in [1.165, 1.54) is 38.9 Å². The van der Waals surface area contributed by atoms with E-state index in [0.29, 0.717) is 0 Å². The highest BCUT2D eigenvalue weighted by Crippen LogP contribution is 2.36. The van der Waals surface area contributed by atoms with Gasteiger partial charge in [-0.05, 0) is 72.8 Å². The van der Waals surface area contributed by atoms with Crippen molar-refractivity contribution in [2.75, 3.05) is 14.1 Å². The Labute approximate surface area is 169 Å². The summed E-state index contributed by atoms with van der Waals surface area (Å²) in [7, 11) is 3.82. The summed E-state index contributed by atoms with van der Waals surface area (Å²) in [5.41, 5.74) is 10.4. The first kappa shape index (κ1) is 20.0. The number of hydrogen-bond donors (Lipinski definition) is 1. The van der Waals surface area contributed by atoms with Crippen molar-refractivity contribution in [1.29, 1.82) is 0 Å². The molecule has 0 aromatic heterocycles. The van der Waals surface area contributed by atoms with Crippen molar-refractivity contribution in [3.63, 3.8) is 0 Å². The lowest BCUT2D eigenvalue weighted by Crippen LogP contribution is -2.10. The van der Waals surface area contributed by atoms with Crippen LogP contribution in [0.1, 0.15) is 50.4 Å². The van der Waals surface area contributed by atoms with E-state index in [1.807, 2.05) is 20.3 Å². The van der Waals surface area contributed by atoms with Crippen LogP contribution in [0.3, 0.4) is 0 Å². The third-order valence-electron chi connectivity index (χ3n) is 5.34. The highest BCUT2D eigenvalue weighted by Gasteiger charge is 2.21. The molecule has 1 unspecified atom stereocenters. The van der Waals surface area contributed by atoms with E-state index in [-0.39, 0.29) is 5.92 Å². The number of nitrogens with zero attached hydrogens (tertiary/aromatic N) is 1. The molecular weight excluding hydrogens is 340 g/mol. The largest absolute Gasteiger partial charge is 0.316 e. The second-order valence-corrected chi connectivity index (χ2v) is 7.57. The lowest BCUT2D eigenvalue weighted by atomic mass is 9.80. The predicted molar refractivity (Wildman–Crippen MR) is 121 cm³/mol. The van der Waals surface area contributed by atoms with Gasteiger partial charge in [0, 0.05) is 25.7 Å². The fourth-order valence-corrected chi connectivity index (χ4v) is 3.80. The van der Waals surface area contributed by atoms with Gasteiger partial charge in [-0.3, -0.25) is 4.99 Å². The van der Waals surface area contributed by atoms with E-state index in [0.717, 1.165) is 12.1 Å². The number of nitrogens with one attached hydrogen (secondary N) is 1. The quantitative estimate of drug-likeness (QED) is 0.446. The highest BCUT2D eigenvalue weighted by atomic mass is 14.8. The third-order valence-corrected chi connectivity index (χ3v) is 5.34. The molecule has 0 saturated carbocycles. The maximum absolute atomic E-state index is 4.22. The van der Waals surface area contributed by atoms with Crippen LogP contribution in [0.15, 0.2) is 65.7 Å². The first-order valence-corrected chi connectivity index (χ1v) is 9.86. The number of aryl methyl sites for hydroxylation is 3. The van der Waals surface area contributed by atoms with Gasteiger partial charge in [0.25, 0.3) is 0 Å². The Bertz CT molecular complexity index is 968. The molecule has 0 aliphatic heterocycles. The molecule has 3 rings (SSSR count). The molecule has 0 aliphatic carbocycles. The number of benzene rings is 3. The Hall–Kier alpha value is -2.71. The van der Waals surface area contributed by atoms with Crippen LogP contribution >= 0.6 is 0 Å². The van der Waals surface area contributed by atoms with Crippen LogP contribution in [0.2, 0.25) is 0 Å². The summed E-state index contributed by atoms with van der Waals surface area (Å²) in [6.45, 7) is 7.43. The molecular formula is C26H30N2. The van der Waals surface area contributed by atoms with Crippen LogP contribution in [-0.4, -0.2) is 20.3 Å². The van der Waals surface area contributed by atoms with Crippen molar-refractivity contribution in [2.45, 2.75) is 33.2 Å². The average Bonchev–Trinajstić information content (AvgIpc) is 2.68. The molecule has 1 N–H and O–H groups in total. The van der Waals surface area contributed by atoms with E-state index < -0.39 is 0 Å². The summed E-state index contributed by atoms with van der Waals surface area (Å²) in [6, 6.07) is 22.4. The molecule has 0 saturated heterocycles. The van der Waals surface area contributed by atoms with Gasteiger partial charge < -0.3 is 5.32 Å². The van der Waals surface area contributed by atoms with E-state index in [4.69, 9.17) is 0 Å². The summed E-state index contributed by atoms with van der Waals surface area (Å²) in [6.07, 6.45) is 1.93. The molecule has 144 valence electrons. The van der Waals surface area contributed by atoms with E-state index >= 15 is 0 Å². The Morgan fingerprint density at radius 2 is 1.50 bits per heavy atom. The Kier molecular flexibility index (Phi) is 6.43. The van der Waals surface area contributed by atoms with Crippen LogP contribution in [0, 0.1) is 20.8 Å². The van der Waals surface area contributed by atoms with Gasteiger partial charge in [-0.25, -0.2) is 0 Å². The van der Waals surface area contributed by atoms with Gasteiger partial charge >= 0.3 is 0 Å². The molecule has 28 heavy (non-hydrogen) atoms. The van der Waals surface area contributed by atoms with Crippen molar-refractivity contribution in [1.82, 2.24) is 5.32 Å². The molecule has 0 radical (unpaired) electrons. The van der Waals surface area contributed by atoms with Gasteiger partial charge in [-0.2, -0.15) is 0 Å². The topological polar surface area (TPSA) is 24.4 Å². The Morgan fingerprint density at radius 3 is 2.14 bits per heavy atom. The van der Waals surface area contributed by atoms with Crippen LogP contribution in [0.5, 0.6) is 0 Å². The summed E-state index contributed by atoms with van der Waals surface area (Å²) >= 11 is 0. The molecule has 2 heteroatoms. The van der Waals surface area contributed by atoms with Crippen molar-refractivity contribution in [2.24, 2.45) is 4.99 Å². The smallest absolute Gasteiger partial charge is 0.0345 e. The fourth-order valence-electron chi connectivity index (χ4n) is 3.80. The normalized spacial score (nSPS) is 12.5. The molecule has 0 fully saturated rings. The number of aliphatic imine (C=N–C) groups is 1. The molecule has 1 atom stereocenters. The van der Waals surface area contributed by atoms with Crippen molar-refractivity contribution in [3.8, 4) is 0 Å². The summed E-state index contributed by atoms with van der Waals surface area (Å²) < 4.78 is 0. The van der Waals surface area contributed by atoms with Gasteiger partial charge in [0.15, 0.2) is 0 Å². The second kappa shape index (κ2) is 8.99. The summed E-state index contributed by atoms with van der Waals surface area (Å²) in [4.78, 5) is 4.22. The lowest BCUT2D eigenvalue weighted by molar-refractivity contribution is 0.812. The Balaban J connectivity index is 2.24. The van der Waals surface area contributed by atoms with Gasteiger partial charge in [-0.15, -0.1) is 0 Å². The highest BCUT2D eigenvalue weighted by molar-refractivity contribution is 5.80. The van der Waals surface area contributed by atoms with Gasteiger partial charge in [0.2, 0.25) is 0 Å². The molecule has 0 spiro atoms. The molecule has 0 bridgehead atoms. The first-order chi connectivity index (χ1) is 13.5. The molecule has 2 nitrogen and oxygen atoms in total. The molecule has 0 heterocycles. The molecule has 0 amide bonds. The van der Waals surface area contributed by atoms with Crippen molar-refractivity contribution >= 4 is 6.21 Å². The SMILES string of the molecule is CN=Cc1ccc(C)c(C(c2ccc(C)cc2)c2cc(CNC)ccc2C)c1. The van der Waals surface area contributed by atoms with Crippen LogP contribution < -0.4 is 5.32 Å². The third kappa shape index (κ3) is 4.40. The zero-order chi connectivity index (χ0) is 20.1. The molecule has 3 aromatic carbocycles. The number of rotatable bonds is 6. The molecule has 0 aliphatic rings. The standard InChI is InChI=1S/C26H30N2/c1-18-6-12-23(13-7-18)26(24-14-21(16-27-4)10-8-19(24)2)25-15-22(17-28-5)11-9-20(25)3/h6-16,26,28H,17H2,1-5H3. The first-order valence-electron chi connectivity index (χ1n) is 9.86. The lowest BCUT2D eigenvalue weighted by Gasteiger charge is -2.24. The molecule has 3 aromatic rings. The summed E-state index contributed by atoms with van der Waals surface area (Å²) in [5, 5.41) is 3.28. The van der Waals surface area contributed by atoms with E-state index in [2.05, 4.69) is 91.7 Å². The zero-order valence-electron chi connectivity index (χ0n) is 17.6. The van der Waals surface area contributed by atoms with E-state index in [9.17, 15) is 0 Å². The minimum atomic E-state index is 0.197.